The van der Waals surface area contributed by atoms with E-state index in [9.17, 15) is 9.59 Å². The second-order valence-electron chi connectivity index (χ2n) is 5.36. The minimum Gasteiger partial charge on any atom is -0.466 e. The Kier molecular flexibility index (Phi) is 4.76. The fraction of sp³-hybridized carbons (Fsp3) is 0.375. The Morgan fingerprint density at radius 2 is 2.00 bits per heavy atom. The summed E-state index contributed by atoms with van der Waals surface area (Å²) in [7, 11) is 1.32. The number of amides is 2. The standard InChI is InChI=1S/C16H19ClN2O3/c1-9(2)19-10(3)13(15(20)22-4)14(18-16(19)21)11-7-5-6-8-12(11)17/h5-9,14H,1-4H3,(H,18,21)/t14-/m1/s1. The Morgan fingerprint density at radius 3 is 2.55 bits per heavy atom. The quantitative estimate of drug-likeness (QED) is 0.869. The van der Waals surface area contributed by atoms with Crippen molar-refractivity contribution in [2.24, 2.45) is 0 Å². The molecule has 6 heteroatoms. The van der Waals surface area contributed by atoms with E-state index in [1.165, 1.54) is 7.11 Å². The molecule has 118 valence electrons. The highest BCUT2D eigenvalue weighted by molar-refractivity contribution is 6.31. The second kappa shape index (κ2) is 6.40. The van der Waals surface area contributed by atoms with Crippen molar-refractivity contribution in [2.45, 2.75) is 32.9 Å². The first-order valence-electron chi connectivity index (χ1n) is 7.01. The highest BCUT2D eigenvalue weighted by Gasteiger charge is 2.37. The summed E-state index contributed by atoms with van der Waals surface area (Å²) in [6.45, 7) is 5.51. The normalized spacial score (nSPS) is 18.5. The maximum atomic E-state index is 12.4. The van der Waals surface area contributed by atoms with Crippen LogP contribution < -0.4 is 5.32 Å². The van der Waals surface area contributed by atoms with Gasteiger partial charge in [0.15, 0.2) is 0 Å². The summed E-state index contributed by atoms with van der Waals surface area (Å²) in [5.41, 5.74) is 1.64. The molecule has 1 aromatic rings. The summed E-state index contributed by atoms with van der Waals surface area (Å²) in [6, 6.07) is 6.16. The fourth-order valence-electron chi connectivity index (χ4n) is 2.70. The number of allylic oxidation sites excluding steroid dienone is 1. The summed E-state index contributed by atoms with van der Waals surface area (Å²) in [4.78, 5) is 26.2. The Bertz CT molecular complexity index is 640. The fourth-order valence-corrected chi connectivity index (χ4v) is 2.94. The van der Waals surface area contributed by atoms with E-state index in [-0.39, 0.29) is 12.1 Å². The van der Waals surface area contributed by atoms with Crippen LogP contribution in [-0.2, 0) is 9.53 Å². The Balaban J connectivity index is 2.61. The summed E-state index contributed by atoms with van der Waals surface area (Å²) in [5.74, 6) is -0.479. The van der Waals surface area contributed by atoms with E-state index in [2.05, 4.69) is 5.32 Å². The maximum absolute atomic E-state index is 12.4. The van der Waals surface area contributed by atoms with Gasteiger partial charge in [0.1, 0.15) is 0 Å². The molecule has 0 saturated carbocycles. The van der Waals surface area contributed by atoms with E-state index >= 15 is 0 Å². The molecular formula is C16H19ClN2O3. The number of carbonyl (C=O) groups excluding carboxylic acids is 2. The molecule has 0 radical (unpaired) electrons. The van der Waals surface area contributed by atoms with E-state index in [0.717, 1.165) is 0 Å². The van der Waals surface area contributed by atoms with Crippen molar-refractivity contribution in [1.29, 1.82) is 0 Å². The highest BCUT2D eigenvalue weighted by atomic mass is 35.5. The molecule has 0 aromatic heterocycles. The van der Waals surface area contributed by atoms with Crippen LogP contribution >= 0.6 is 11.6 Å². The molecule has 0 aliphatic carbocycles. The largest absolute Gasteiger partial charge is 0.466 e. The van der Waals surface area contributed by atoms with Gasteiger partial charge in [0.25, 0.3) is 0 Å². The van der Waals surface area contributed by atoms with Crippen LogP contribution in [0.25, 0.3) is 0 Å². The third-order valence-electron chi connectivity index (χ3n) is 3.66. The second-order valence-corrected chi connectivity index (χ2v) is 5.77. The van der Waals surface area contributed by atoms with Gasteiger partial charge >= 0.3 is 12.0 Å². The summed E-state index contributed by atoms with van der Waals surface area (Å²) >= 11 is 6.23. The molecule has 0 saturated heterocycles. The topological polar surface area (TPSA) is 58.6 Å². The van der Waals surface area contributed by atoms with Crippen LogP contribution in [0.2, 0.25) is 5.02 Å². The molecule has 1 aliphatic rings. The van der Waals surface area contributed by atoms with Gasteiger partial charge in [0.05, 0.1) is 18.7 Å². The van der Waals surface area contributed by atoms with Gasteiger partial charge in [-0.2, -0.15) is 0 Å². The lowest BCUT2D eigenvalue weighted by molar-refractivity contribution is -0.136. The minimum absolute atomic E-state index is 0.0770. The van der Waals surface area contributed by atoms with Crippen molar-refractivity contribution in [1.82, 2.24) is 10.2 Å². The molecule has 0 fully saturated rings. The van der Waals surface area contributed by atoms with Crippen molar-refractivity contribution in [2.75, 3.05) is 7.11 Å². The first-order chi connectivity index (χ1) is 10.4. The molecule has 0 bridgehead atoms. The molecule has 1 heterocycles. The molecule has 1 N–H and O–H groups in total. The molecule has 1 atom stereocenters. The van der Waals surface area contributed by atoms with Gasteiger partial charge in [-0.05, 0) is 32.4 Å². The average Bonchev–Trinajstić information content (AvgIpc) is 2.46. The number of hydrogen-bond acceptors (Lipinski definition) is 3. The number of benzene rings is 1. The number of carbonyl (C=O) groups is 2. The van der Waals surface area contributed by atoms with Gasteiger partial charge in [0, 0.05) is 16.8 Å². The number of methoxy groups -OCH3 is 1. The Labute approximate surface area is 134 Å². The van der Waals surface area contributed by atoms with Crippen molar-refractivity contribution in [3.8, 4) is 0 Å². The first-order valence-corrected chi connectivity index (χ1v) is 7.39. The zero-order valence-electron chi connectivity index (χ0n) is 13.0. The van der Waals surface area contributed by atoms with Crippen LogP contribution in [0, 0.1) is 0 Å². The number of urea groups is 1. The van der Waals surface area contributed by atoms with Crippen LogP contribution in [0.4, 0.5) is 4.79 Å². The molecule has 0 unspecified atom stereocenters. The molecule has 1 aromatic carbocycles. The Hall–Kier alpha value is -2.01. The number of rotatable bonds is 3. The van der Waals surface area contributed by atoms with Gasteiger partial charge < -0.3 is 10.1 Å². The van der Waals surface area contributed by atoms with E-state index < -0.39 is 12.0 Å². The van der Waals surface area contributed by atoms with Crippen molar-refractivity contribution < 1.29 is 14.3 Å². The number of hydrogen-bond donors (Lipinski definition) is 1. The van der Waals surface area contributed by atoms with Crippen LogP contribution in [0.3, 0.4) is 0 Å². The smallest absolute Gasteiger partial charge is 0.337 e. The molecule has 2 rings (SSSR count). The molecule has 5 nitrogen and oxygen atoms in total. The molecule has 1 aliphatic heterocycles. The molecule has 0 spiro atoms. The van der Waals surface area contributed by atoms with Gasteiger partial charge in [-0.1, -0.05) is 29.8 Å². The van der Waals surface area contributed by atoms with E-state index in [0.29, 0.717) is 21.9 Å². The first kappa shape index (κ1) is 16.4. The lowest BCUT2D eigenvalue weighted by Gasteiger charge is -2.37. The van der Waals surface area contributed by atoms with Gasteiger partial charge in [-0.15, -0.1) is 0 Å². The van der Waals surface area contributed by atoms with Gasteiger partial charge in [-0.25, -0.2) is 9.59 Å². The van der Waals surface area contributed by atoms with E-state index in [1.54, 1.807) is 30.0 Å². The van der Waals surface area contributed by atoms with E-state index in [1.807, 2.05) is 19.9 Å². The highest BCUT2D eigenvalue weighted by Crippen LogP contribution is 2.35. The van der Waals surface area contributed by atoms with Crippen LogP contribution in [0.1, 0.15) is 32.4 Å². The molecule has 2 amide bonds. The van der Waals surface area contributed by atoms with Crippen LogP contribution in [-0.4, -0.2) is 30.1 Å². The molecular weight excluding hydrogens is 304 g/mol. The number of nitrogens with zero attached hydrogens (tertiary/aromatic N) is 1. The minimum atomic E-state index is -0.622. The summed E-state index contributed by atoms with van der Waals surface area (Å²) in [5, 5.41) is 3.33. The van der Waals surface area contributed by atoms with Gasteiger partial charge in [0.2, 0.25) is 0 Å². The van der Waals surface area contributed by atoms with Crippen LogP contribution in [0.15, 0.2) is 35.5 Å². The number of nitrogens with one attached hydrogen (secondary N) is 1. The van der Waals surface area contributed by atoms with Crippen molar-refractivity contribution >= 4 is 23.6 Å². The summed E-state index contributed by atoms with van der Waals surface area (Å²) in [6.07, 6.45) is 0. The predicted molar refractivity (Wildman–Crippen MR) is 84.4 cm³/mol. The third-order valence-corrected chi connectivity index (χ3v) is 4.01. The molecule has 22 heavy (non-hydrogen) atoms. The summed E-state index contributed by atoms with van der Waals surface area (Å²) < 4.78 is 4.90. The predicted octanol–water partition coefficient (Wildman–Crippen LogP) is 3.26. The van der Waals surface area contributed by atoms with E-state index in [4.69, 9.17) is 16.3 Å². The monoisotopic (exact) mass is 322 g/mol. The van der Waals surface area contributed by atoms with Crippen LogP contribution in [0.5, 0.6) is 0 Å². The Morgan fingerprint density at radius 1 is 1.36 bits per heavy atom. The number of esters is 1. The number of ether oxygens (including phenoxy) is 1. The lowest BCUT2D eigenvalue weighted by atomic mass is 9.94. The SMILES string of the molecule is COC(=O)C1=C(C)N(C(C)C)C(=O)N[C@@H]1c1ccccc1Cl. The zero-order valence-corrected chi connectivity index (χ0v) is 13.8. The third kappa shape index (κ3) is 2.81. The lowest BCUT2D eigenvalue weighted by Crippen LogP contribution is -2.50. The van der Waals surface area contributed by atoms with Crippen molar-refractivity contribution in [3.63, 3.8) is 0 Å². The zero-order chi connectivity index (χ0) is 16.4. The number of halogens is 1. The maximum Gasteiger partial charge on any atom is 0.337 e. The van der Waals surface area contributed by atoms with Crippen molar-refractivity contribution in [3.05, 3.63) is 46.1 Å². The average molecular weight is 323 g/mol. The van der Waals surface area contributed by atoms with Gasteiger partial charge in [-0.3, -0.25) is 4.90 Å².